The molecular weight excluding hydrogens is 288 g/mol. The maximum absolute atomic E-state index is 12.1. The molecule has 1 unspecified atom stereocenters. The van der Waals surface area contributed by atoms with Crippen LogP contribution >= 0.6 is 11.6 Å². The van der Waals surface area contributed by atoms with Crippen molar-refractivity contribution in [3.8, 4) is 0 Å². The van der Waals surface area contributed by atoms with Crippen molar-refractivity contribution in [2.75, 3.05) is 12.3 Å². The van der Waals surface area contributed by atoms with Gasteiger partial charge in [-0.3, -0.25) is 0 Å². The van der Waals surface area contributed by atoms with Crippen LogP contribution in [0.5, 0.6) is 0 Å². The Balaban J connectivity index is 3.01. The van der Waals surface area contributed by atoms with Gasteiger partial charge in [0.25, 0.3) is 0 Å². The predicted octanol–water partition coefficient (Wildman–Crippen LogP) is 1.53. The average Bonchev–Trinajstić information content (AvgIpc) is 2.30. The van der Waals surface area contributed by atoms with Crippen LogP contribution in [0.15, 0.2) is 17.0 Å². The minimum Gasteiger partial charge on any atom is -0.398 e. The van der Waals surface area contributed by atoms with Crippen molar-refractivity contribution < 1.29 is 13.5 Å². The normalized spacial score (nSPS) is 13.8. The van der Waals surface area contributed by atoms with Crippen LogP contribution in [-0.4, -0.2) is 26.2 Å². The van der Waals surface area contributed by atoms with Gasteiger partial charge >= 0.3 is 0 Å². The Morgan fingerprint density at radius 1 is 1.42 bits per heavy atom. The molecule has 5 nitrogen and oxygen atoms in total. The number of nitrogens with one attached hydrogen (secondary N) is 1. The molecule has 1 rings (SSSR count). The molecule has 0 fully saturated rings. The Labute approximate surface area is 118 Å². The summed E-state index contributed by atoms with van der Waals surface area (Å²) in [4.78, 5) is 0.0356. The maximum Gasteiger partial charge on any atom is 0.241 e. The number of hydrogen-bond donors (Lipinski definition) is 3. The zero-order valence-electron chi connectivity index (χ0n) is 11.1. The molecule has 1 aromatic carbocycles. The first kappa shape index (κ1) is 16.2. The molecular formula is C12H19ClN2O3S. The molecule has 0 spiro atoms. The van der Waals surface area contributed by atoms with Crippen LogP contribution in [0.25, 0.3) is 0 Å². The molecule has 0 radical (unpaired) electrons. The van der Waals surface area contributed by atoms with Crippen molar-refractivity contribution in [1.82, 2.24) is 4.72 Å². The minimum atomic E-state index is -3.74. The Bertz CT molecular complexity index is 558. The van der Waals surface area contributed by atoms with E-state index in [4.69, 9.17) is 17.3 Å². The molecule has 7 heteroatoms. The van der Waals surface area contributed by atoms with Gasteiger partial charge in [-0.25, -0.2) is 13.1 Å². The molecule has 0 aliphatic carbocycles. The summed E-state index contributed by atoms with van der Waals surface area (Å²) in [5, 5.41) is 9.89. The summed E-state index contributed by atoms with van der Waals surface area (Å²) in [6, 6.07) is 2.84. The molecule has 0 amide bonds. The van der Waals surface area contributed by atoms with Crippen LogP contribution in [0.3, 0.4) is 0 Å². The first-order valence-corrected chi connectivity index (χ1v) is 7.74. The van der Waals surface area contributed by atoms with E-state index in [-0.39, 0.29) is 22.4 Å². The first-order valence-electron chi connectivity index (χ1n) is 5.88. The highest BCUT2D eigenvalue weighted by atomic mass is 35.5. The number of sulfonamides is 1. The molecule has 0 aliphatic heterocycles. The summed E-state index contributed by atoms with van der Waals surface area (Å²) < 4.78 is 26.7. The van der Waals surface area contributed by atoms with Crippen LogP contribution in [0.4, 0.5) is 5.69 Å². The summed E-state index contributed by atoms with van der Waals surface area (Å²) in [7, 11) is -3.74. The maximum atomic E-state index is 12.1. The smallest absolute Gasteiger partial charge is 0.241 e. The van der Waals surface area contributed by atoms with E-state index < -0.39 is 16.1 Å². The quantitative estimate of drug-likeness (QED) is 0.719. The molecule has 1 aromatic rings. The zero-order valence-corrected chi connectivity index (χ0v) is 12.7. The molecule has 4 N–H and O–H groups in total. The SMILES string of the molecule is Cc1c(N)cc(Cl)cc1S(=O)(=O)NCC(O)C(C)C. The van der Waals surface area contributed by atoms with E-state index in [1.807, 2.05) is 13.8 Å². The highest BCUT2D eigenvalue weighted by molar-refractivity contribution is 7.89. The summed E-state index contributed by atoms with van der Waals surface area (Å²) in [6.45, 7) is 5.17. The average molecular weight is 307 g/mol. The van der Waals surface area contributed by atoms with Crippen LogP contribution in [-0.2, 0) is 10.0 Å². The van der Waals surface area contributed by atoms with Crippen molar-refractivity contribution in [3.63, 3.8) is 0 Å². The molecule has 0 saturated heterocycles. The number of anilines is 1. The van der Waals surface area contributed by atoms with E-state index in [1.165, 1.54) is 12.1 Å². The Kier molecular flexibility index (Phi) is 5.20. The summed E-state index contributed by atoms with van der Waals surface area (Å²) in [6.07, 6.45) is -0.744. The number of aliphatic hydroxyl groups excluding tert-OH is 1. The number of nitrogen functional groups attached to an aromatic ring is 1. The third-order valence-electron chi connectivity index (χ3n) is 2.91. The minimum absolute atomic E-state index is 0.0340. The Morgan fingerprint density at radius 2 is 2.00 bits per heavy atom. The van der Waals surface area contributed by atoms with Gasteiger partial charge in [-0.15, -0.1) is 0 Å². The van der Waals surface area contributed by atoms with Gasteiger partial charge in [0.15, 0.2) is 0 Å². The fourth-order valence-electron chi connectivity index (χ4n) is 1.46. The number of nitrogens with two attached hydrogens (primary N) is 1. The molecule has 19 heavy (non-hydrogen) atoms. The van der Waals surface area contributed by atoms with E-state index in [9.17, 15) is 13.5 Å². The van der Waals surface area contributed by atoms with Gasteiger partial charge in [-0.05, 0) is 30.5 Å². The van der Waals surface area contributed by atoms with E-state index in [0.717, 1.165) is 0 Å². The summed E-state index contributed by atoms with van der Waals surface area (Å²) >= 11 is 5.82. The second-order valence-electron chi connectivity index (χ2n) is 4.78. The molecule has 0 saturated carbocycles. The third kappa shape index (κ3) is 4.07. The number of benzene rings is 1. The molecule has 0 aliphatic rings. The lowest BCUT2D eigenvalue weighted by atomic mass is 10.1. The van der Waals surface area contributed by atoms with Crippen LogP contribution in [0, 0.1) is 12.8 Å². The van der Waals surface area contributed by atoms with E-state index in [1.54, 1.807) is 6.92 Å². The van der Waals surface area contributed by atoms with Gasteiger partial charge in [0.2, 0.25) is 10.0 Å². The van der Waals surface area contributed by atoms with Crippen LogP contribution in [0.1, 0.15) is 19.4 Å². The molecule has 0 bridgehead atoms. The van der Waals surface area contributed by atoms with E-state index >= 15 is 0 Å². The lowest BCUT2D eigenvalue weighted by Crippen LogP contribution is -2.35. The third-order valence-corrected chi connectivity index (χ3v) is 4.67. The summed E-state index contributed by atoms with van der Waals surface area (Å²) in [5.41, 5.74) is 6.45. The van der Waals surface area contributed by atoms with Crippen LogP contribution < -0.4 is 10.5 Å². The topological polar surface area (TPSA) is 92.4 Å². The number of hydrogen-bond acceptors (Lipinski definition) is 4. The first-order chi connectivity index (χ1) is 8.65. The molecule has 0 heterocycles. The number of rotatable bonds is 5. The van der Waals surface area contributed by atoms with E-state index in [2.05, 4.69) is 4.72 Å². The van der Waals surface area contributed by atoms with Gasteiger partial charge in [-0.2, -0.15) is 0 Å². The van der Waals surface area contributed by atoms with Gasteiger partial charge in [0, 0.05) is 17.3 Å². The molecule has 1 atom stereocenters. The van der Waals surface area contributed by atoms with E-state index in [0.29, 0.717) is 11.3 Å². The molecule has 108 valence electrons. The van der Waals surface area contributed by atoms with Gasteiger partial charge in [0.05, 0.1) is 11.0 Å². The second kappa shape index (κ2) is 6.09. The Morgan fingerprint density at radius 3 is 2.53 bits per heavy atom. The molecule has 0 aromatic heterocycles. The van der Waals surface area contributed by atoms with Crippen LogP contribution in [0.2, 0.25) is 5.02 Å². The number of aliphatic hydroxyl groups is 1. The number of halogens is 1. The van der Waals surface area contributed by atoms with Gasteiger partial charge in [-0.1, -0.05) is 25.4 Å². The fourth-order valence-corrected chi connectivity index (χ4v) is 3.10. The van der Waals surface area contributed by atoms with Gasteiger partial charge in [0.1, 0.15) is 0 Å². The zero-order chi connectivity index (χ0) is 14.8. The second-order valence-corrected chi connectivity index (χ2v) is 6.95. The summed E-state index contributed by atoms with van der Waals surface area (Å²) in [5.74, 6) is -0.0340. The van der Waals surface area contributed by atoms with Gasteiger partial charge < -0.3 is 10.8 Å². The fraction of sp³-hybridized carbons (Fsp3) is 0.500. The van der Waals surface area contributed by atoms with Crippen molar-refractivity contribution >= 4 is 27.3 Å². The monoisotopic (exact) mass is 306 g/mol. The van der Waals surface area contributed by atoms with Crippen molar-refractivity contribution in [2.24, 2.45) is 5.92 Å². The largest absolute Gasteiger partial charge is 0.398 e. The lowest BCUT2D eigenvalue weighted by Gasteiger charge is -2.16. The van der Waals surface area contributed by atoms with Crippen molar-refractivity contribution in [1.29, 1.82) is 0 Å². The Hall–Kier alpha value is -0.820. The highest BCUT2D eigenvalue weighted by Crippen LogP contribution is 2.25. The van der Waals surface area contributed by atoms with Crippen molar-refractivity contribution in [2.45, 2.75) is 31.8 Å². The predicted molar refractivity (Wildman–Crippen MR) is 76.6 cm³/mol. The van der Waals surface area contributed by atoms with Crippen molar-refractivity contribution in [3.05, 3.63) is 22.7 Å². The standard InChI is InChI=1S/C12H19ClN2O3S/c1-7(2)11(16)6-15-19(17,18)12-5-9(13)4-10(14)8(12)3/h4-5,7,11,15-16H,6,14H2,1-3H3. The highest BCUT2D eigenvalue weighted by Gasteiger charge is 2.21. The lowest BCUT2D eigenvalue weighted by molar-refractivity contribution is 0.129.